The van der Waals surface area contributed by atoms with E-state index in [-0.39, 0.29) is 0 Å². The Kier molecular flexibility index (Phi) is 7.80. The highest BCUT2D eigenvalue weighted by Gasteiger charge is 2.35. The summed E-state index contributed by atoms with van der Waals surface area (Å²) < 4.78 is 0. The predicted molar refractivity (Wildman–Crippen MR) is 75.7 cm³/mol. The Morgan fingerprint density at radius 2 is 1.75 bits per heavy atom. The van der Waals surface area contributed by atoms with Crippen LogP contribution >= 0.6 is 0 Å². The summed E-state index contributed by atoms with van der Waals surface area (Å²) in [5.74, 6) is 1.70. The lowest BCUT2D eigenvalue weighted by Crippen LogP contribution is -2.33. The first-order valence-electron chi connectivity index (χ1n) is 7.17. The van der Waals surface area contributed by atoms with Crippen LogP contribution in [0.5, 0.6) is 0 Å². The van der Waals surface area contributed by atoms with E-state index in [9.17, 15) is 0 Å². The van der Waals surface area contributed by atoms with Crippen LogP contribution in [0.25, 0.3) is 0 Å². The van der Waals surface area contributed by atoms with Crippen molar-refractivity contribution in [1.29, 1.82) is 0 Å². The van der Waals surface area contributed by atoms with Gasteiger partial charge >= 0.3 is 0 Å². The lowest BCUT2D eigenvalue weighted by Gasteiger charge is -2.42. The normalized spacial score (nSPS) is 17.1. The third-order valence-corrected chi connectivity index (χ3v) is 4.64. The molecule has 0 aromatic rings. The molecule has 0 heterocycles. The van der Waals surface area contributed by atoms with E-state index in [0.717, 1.165) is 11.8 Å². The topological polar surface area (TPSA) is 0 Å². The Morgan fingerprint density at radius 1 is 1.19 bits per heavy atom. The van der Waals surface area contributed by atoms with Crippen molar-refractivity contribution in [3.05, 3.63) is 12.7 Å². The molecule has 0 nitrogen and oxygen atoms in total. The van der Waals surface area contributed by atoms with Crippen molar-refractivity contribution in [2.75, 3.05) is 0 Å². The number of rotatable bonds is 9. The fourth-order valence-electron chi connectivity index (χ4n) is 3.31. The highest BCUT2D eigenvalue weighted by Crippen LogP contribution is 2.45. The second-order valence-corrected chi connectivity index (χ2v) is 5.54. The van der Waals surface area contributed by atoms with Crippen LogP contribution in [0, 0.1) is 17.3 Å². The fourth-order valence-corrected chi connectivity index (χ4v) is 3.31. The van der Waals surface area contributed by atoms with Gasteiger partial charge in [0.05, 0.1) is 0 Å². The summed E-state index contributed by atoms with van der Waals surface area (Å²) in [6.45, 7) is 15.8. The Hall–Kier alpha value is -0.260. The molecule has 0 radical (unpaired) electrons. The molecule has 0 N–H and O–H groups in total. The van der Waals surface area contributed by atoms with Gasteiger partial charge in [-0.1, -0.05) is 60.0 Å². The minimum atomic E-state index is 0.529. The Labute approximate surface area is 104 Å². The van der Waals surface area contributed by atoms with Gasteiger partial charge in [-0.15, -0.1) is 6.58 Å². The quantitative estimate of drug-likeness (QED) is 0.432. The van der Waals surface area contributed by atoms with Crippen molar-refractivity contribution in [3.63, 3.8) is 0 Å². The van der Waals surface area contributed by atoms with Crippen LogP contribution in [0.2, 0.25) is 0 Å². The van der Waals surface area contributed by atoms with E-state index in [2.05, 4.69) is 47.3 Å². The SMILES string of the molecule is C=CCCC(C)C(C)(CCC)C(CC)CC. The monoisotopic (exact) mass is 224 g/mol. The lowest BCUT2D eigenvalue weighted by atomic mass is 9.63. The third-order valence-electron chi connectivity index (χ3n) is 4.64. The third kappa shape index (κ3) is 3.96. The number of allylic oxidation sites excluding steroid dienone is 1. The minimum Gasteiger partial charge on any atom is -0.103 e. The lowest BCUT2D eigenvalue weighted by molar-refractivity contribution is 0.0763. The van der Waals surface area contributed by atoms with Crippen LogP contribution in [-0.4, -0.2) is 0 Å². The molecule has 0 spiro atoms. The van der Waals surface area contributed by atoms with Gasteiger partial charge < -0.3 is 0 Å². The van der Waals surface area contributed by atoms with E-state index in [0.29, 0.717) is 5.41 Å². The minimum absolute atomic E-state index is 0.529. The van der Waals surface area contributed by atoms with Crippen molar-refractivity contribution in [2.45, 2.75) is 73.1 Å². The molecule has 0 aliphatic carbocycles. The zero-order chi connectivity index (χ0) is 12.6. The maximum Gasteiger partial charge on any atom is -0.0272 e. The van der Waals surface area contributed by atoms with E-state index < -0.39 is 0 Å². The van der Waals surface area contributed by atoms with Gasteiger partial charge in [-0.25, -0.2) is 0 Å². The van der Waals surface area contributed by atoms with Gasteiger partial charge in [0.15, 0.2) is 0 Å². The van der Waals surface area contributed by atoms with E-state index in [1.165, 1.54) is 38.5 Å². The molecule has 0 fully saturated rings. The molecule has 0 rings (SSSR count). The zero-order valence-electron chi connectivity index (χ0n) is 12.2. The highest BCUT2D eigenvalue weighted by atomic mass is 14.4. The molecule has 0 aromatic heterocycles. The maximum atomic E-state index is 3.85. The van der Waals surface area contributed by atoms with Crippen molar-refractivity contribution >= 4 is 0 Å². The van der Waals surface area contributed by atoms with Gasteiger partial charge in [0, 0.05) is 0 Å². The molecule has 2 atom stereocenters. The molecule has 16 heavy (non-hydrogen) atoms. The van der Waals surface area contributed by atoms with Crippen molar-refractivity contribution in [1.82, 2.24) is 0 Å². The largest absolute Gasteiger partial charge is 0.103 e. The molecule has 0 saturated carbocycles. The first-order chi connectivity index (χ1) is 7.56. The average molecular weight is 224 g/mol. The van der Waals surface area contributed by atoms with Crippen LogP contribution in [-0.2, 0) is 0 Å². The molecule has 0 heteroatoms. The van der Waals surface area contributed by atoms with E-state index >= 15 is 0 Å². The molecule has 0 aliphatic heterocycles. The smallest absolute Gasteiger partial charge is 0.0272 e. The van der Waals surface area contributed by atoms with Crippen molar-refractivity contribution in [2.24, 2.45) is 17.3 Å². The predicted octanol–water partition coefficient (Wildman–Crippen LogP) is 5.83. The molecule has 0 aromatic carbocycles. The van der Waals surface area contributed by atoms with Gasteiger partial charge in [0.25, 0.3) is 0 Å². The van der Waals surface area contributed by atoms with E-state index in [1.54, 1.807) is 0 Å². The van der Waals surface area contributed by atoms with Crippen LogP contribution in [0.3, 0.4) is 0 Å². The van der Waals surface area contributed by atoms with Gasteiger partial charge in [-0.3, -0.25) is 0 Å². The molecule has 0 bridgehead atoms. The molecule has 0 amide bonds. The summed E-state index contributed by atoms with van der Waals surface area (Å²) in [6.07, 6.45) is 9.87. The summed E-state index contributed by atoms with van der Waals surface area (Å²) >= 11 is 0. The van der Waals surface area contributed by atoms with E-state index in [4.69, 9.17) is 0 Å². The highest BCUT2D eigenvalue weighted by molar-refractivity contribution is 4.86. The van der Waals surface area contributed by atoms with Crippen LogP contribution < -0.4 is 0 Å². The van der Waals surface area contributed by atoms with Gasteiger partial charge in [-0.05, 0) is 36.5 Å². The first-order valence-corrected chi connectivity index (χ1v) is 7.17. The molecular formula is C16H32. The van der Waals surface area contributed by atoms with Gasteiger partial charge in [0.1, 0.15) is 0 Å². The summed E-state index contributed by atoms with van der Waals surface area (Å²) in [5.41, 5.74) is 0.529. The Balaban J connectivity index is 4.69. The van der Waals surface area contributed by atoms with E-state index in [1.807, 2.05) is 0 Å². The van der Waals surface area contributed by atoms with Crippen LogP contribution in [0.1, 0.15) is 73.1 Å². The average Bonchev–Trinajstić information content (AvgIpc) is 2.27. The van der Waals surface area contributed by atoms with Gasteiger partial charge in [0.2, 0.25) is 0 Å². The number of hydrogen-bond donors (Lipinski definition) is 0. The Morgan fingerprint density at radius 3 is 2.12 bits per heavy atom. The first kappa shape index (κ1) is 15.7. The molecule has 0 aliphatic rings. The van der Waals surface area contributed by atoms with Crippen molar-refractivity contribution < 1.29 is 0 Å². The summed E-state index contributed by atoms with van der Waals surface area (Å²) in [4.78, 5) is 0. The number of hydrogen-bond acceptors (Lipinski definition) is 0. The Bertz CT molecular complexity index is 178. The van der Waals surface area contributed by atoms with Crippen LogP contribution in [0.4, 0.5) is 0 Å². The summed E-state index contributed by atoms with van der Waals surface area (Å²) in [5, 5.41) is 0. The standard InChI is InChI=1S/C16H32/c1-7-11-12-14(5)16(6,13-8-2)15(9-3)10-4/h7,14-15H,1,8-13H2,2-6H3. The fraction of sp³-hybridized carbons (Fsp3) is 0.875. The van der Waals surface area contributed by atoms with Crippen LogP contribution in [0.15, 0.2) is 12.7 Å². The van der Waals surface area contributed by atoms with Crippen molar-refractivity contribution in [3.8, 4) is 0 Å². The molecular weight excluding hydrogens is 192 g/mol. The summed E-state index contributed by atoms with van der Waals surface area (Å²) in [6, 6.07) is 0. The summed E-state index contributed by atoms with van der Waals surface area (Å²) in [7, 11) is 0. The molecule has 2 unspecified atom stereocenters. The maximum absolute atomic E-state index is 3.85. The molecule has 96 valence electrons. The zero-order valence-corrected chi connectivity index (χ0v) is 12.2. The second kappa shape index (κ2) is 7.92. The second-order valence-electron chi connectivity index (χ2n) is 5.54. The van der Waals surface area contributed by atoms with Gasteiger partial charge in [-0.2, -0.15) is 0 Å². The molecule has 0 saturated heterocycles.